The maximum atomic E-state index is 12.1. The van der Waals surface area contributed by atoms with E-state index in [0.29, 0.717) is 0 Å². The molecule has 0 radical (unpaired) electrons. The second-order valence-electron chi connectivity index (χ2n) is 8.20. The van der Waals surface area contributed by atoms with E-state index < -0.39 is 0 Å². The number of likely N-dealkylation sites (N-methyl/N-ethyl adjacent to an activating group) is 1. The van der Waals surface area contributed by atoms with E-state index >= 15 is 0 Å². The summed E-state index contributed by atoms with van der Waals surface area (Å²) in [4.78, 5) is 27.5. The highest BCUT2D eigenvalue weighted by atomic mass is 32.1. The van der Waals surface area contributed by atoms with E-state index in [9.17, 15) is 4.79 Å². The molecule has 1 amide bonds. The highest BCUT2D eigenvalue weighted by Crippen LogP contribution is 2.39. The number of aromatic nitrogens is 2. The first-order chi connectivity index (χ1) is 13.5. The highest BCUT2D eigenvalue weighted by molar-refractivity contribution is 7.19. The Labute approximate surface area is 170 Å². The number of hydrogen-bond donors (Lipinski definition) is 2. The van der Waals surface area contributed by atoms with Crippen LogP contribution in [0.25, 0.3) is 10.2 Å². The molecule has 4 rings (SSSR count). The first-order valence-corrected chi connectivity index (χ1v) is 11.0. The van der Waals surface area contributed by atoms with Crippen LogP contribution in [0.5, 0.6) is 0 Å². The van der Waals surface area contributed by atoms with Gasteiger partial charge in [0.25, 0.3) is 0 Å². The van der Waals surface area contributed by atoms with E-state index in [0.717, 1.165) is 73.5 Å². The molecule has 0 saturated carbocycles. The summed E-state index contributed by atoms with van der Waals surface area (Å²) in [5.41, 5.74) is 1.39. The smallest absolute Gasteiger partial charge is 0.241 e. The fourth-order valence-electron chi connectivity index (χ4n) is 3.97. The van der Waals surface area contributed by atoms with E-state index in [1.165, 1.54) is 21.8 Å². The van der Waals surface area contributed by atoms with Crippen LogP contribution in [0, 0.1) is 5.92 Å². The molecule has 1 aliphatic carbocycles. The van der Waals surface area contributed by atoms with Crippen molar-refractivity contribution in [3.63, 3.8) is 0 Å². The van der Waals surface area contributed by atoms with Crippen LogP contribution in [0.2, 0.25) is 0 Å². The quantitative estimate of drug-likeness (QED) is 0.769. The predicted molar refractivity (Wildman–Crippen MR) is 111 cm³/mol. The fraction of sp³-hybridized carbons (Fsp3) is 0.650. The summed E-state index contributed by atoms with van der Waals surface area (Å²) >= 11 is 1.81. The molecule has 1 saturated heterocycles. The van der Waals surface area contributed by atoms with E-state index in [4.69, 9.17) is 14.7 Å². The number of morpholine rings is 1. The molecule has 1 fully saturated rings. The van der Waals surface area contributed by atoms with Gasteiger partial charge < -0.3 is 19.9 Å². The molecule has 2 aliphatic rings. The first kappa shape index (κ1) is 19.5. The van der Waals surface area contributed by atoms with Gasteiger partial charge in [0.2, 0.25) is 5.91 Å². The Morgan fingerprint density at radius 3 is 2.86 bits per heavy atom. The van der Waals surface area contributed by atoms with Crippen molar-refractivity contribution in [3.05, 3.63) is 16.3 Å². The lowest BCUT2D eigenvalue weighted by atomic mass is 9.89. The zero-order valence-electron chi connectivity index (χ0n) is 17.0. The third-order valence-electron chi connectivity index (χ3n) is 5.72. The van der Waals surface area contributed by atoms with Crippen molar-refractivity contribution in [2.24, 2.45) is 5.92 Å². The van der Waals surface area contributed by atoms with Gasteiger partial charge in [0.15, 0.2) is 5.82 Å². The van der Waals surface area contributed by atoms with Crippen molar-refractivity contribution in [1.29, 1.82) is 0 Å². The number of rotatable bonds is 5. The lowest BCUT2D eigenvalue weighted by molar-refractivity contribution is -0.922. The molecule has 1 atom stereocenters. The van der Waals surface area contributed by atoms with E-state index in [-0.39, 0.29) is 12.5 Å². The molecule has 0 aromatic carbocycles. The first-order valence-electron chi connectivity index (χ1n) is 10.2. The lowest BCUT2D eigenvalue weighted by Gasteiger charge is -2.23. The minimum absolute atomic E-state index is 0.0461. The minimum Gasteiger partial charge on any atom is -0.370 e. The van der Waals surface area contributed by atoms with Crippen molar-refractivity contribution in [2.75, 3.05) is 52.3 Å². The van der Waals surface area contributed by atoms with E-state index in [2.05, 4.69) is 12.2 Å². The fourth-order valence-corrected chi connectivity index (χ4v) is 5.37. The Kier molecular flexibility index (Phi) is 5.80. The summed E-state index contributed by atoms with van der Waals surface area (Å²) in [7, 11) is 3.56. The molecule has 152 valence electrons. The number of fused-ring (bicyclic) bond motifs is 3. The number of quaternary nitrogens is 1. The standard InChI is InChI=1S/C20H29N5O2S/c1-13-4-5-14-15(10-13)28-20-18(14)19(21-11-17(26)24(2)3)22-16(23-20)12-25-6-8-27-9-7-25/h13H,4-12H2,1-3H3,(H,21,22,23)/p+1/t13-/m0/s1. The molecule has 0 unspecified atom stereocenters. The van der Waals surface area contributed by atoms with Gasteiger partial charge in [0.1, 0.15) is 30.3 Å². The molecule has 2 aromatic heterocycles. The third kappa shape index (κ3) is 4.14. The van der Waals surface area contributed by atoms with E-state index in [1.54, 1.807) is 19.0 Å². The van der Waals surface area contributed by atoms with Gasteiger partial charge in [-0.3, -0.25) is 4.79 Å². The maximum Gasteiger partial charge on any atom is 0.241 e. The van der Waals surface area contributed by atoms with Gasteiger partial charge in [0, 0.05) is 19.0 Å². The zero-order chi connectivity index (χ0) is 19.7. The molecule has 8 heteroatoms. The summed E-state index contributed by atoms with van der Waals surface area (Å²) in [6.45, 7) is 6.94. The van der Waals surface area contributed by atoms with Gasteiger partial charge in [-0.05, 0) is 30.7 Å². The Hall–Kier alpha value is -1.77. The van der Waals surface area contributed by atoms with Crippen molar-refractivity contribution >= 4 is 33.3 Å². The SMILES string of the molecule is C[C@H]1CCc2c(sc3nc(C[NH+]4CCOCC4)nc(NCC(=O)N(C)C)c23)C1. The number of hydrogen-bond acceptors (Lipinski definition) is 6. The number of amides is 1. The minimum atomic E-state index is 0.0461. The van der Waals surface area contributed by atoms with Crippen molar-refractivity contribution < 1.29 is 14.4 Å². The highest BCUT2D eigenvalue weighted by Gasteiger charge is 2.25. The number of thiophene rings is 1. The van der Waals surface area contributed by atoms with Gasteiger partial charge >= 0.3 is 0 Å². The van der Waals surface area contributed by atoms with Crippen LogP contribution in [0.1, 0.15) is 29.6 Å². The molecule has 2 N–H and O–H groups in total. The Bertz CT molecular complexity index is 860. The number of anilines is 1. The van der Waals surface area contributed by atoms with Gasteiger partial charge in [-0.15, -0.1) is 11.3 Å². The number of nitrogens with zero attached hydrogens (tertiary/aromatic N) is 3. The molecule has 0 bridgehead atoms. The molecular formula is C20H30N5O2S+. The zero-order valence-corrected chi connectivity index (χ0v) is 17.8. The summed E-state index contributed by atoms with van der Waals surface area (Å²) in [5.74, 6) is 2.45. The molecule has 0 spiro atoms. The molecule has 3 heterocycles. The van der Waals surface area contributed by atoms with Crippen LogP contribution in [0.3, 0.4) is 0 Å². The van der Waals surface area contributed by atoms with Crippen LogP contribution in [0.15, 0.2) is 0 Å². The molecule has 28 heavy (non-hydrogen) atoms. The number of carbonyl (C=O) groups excluding carboxylic acids is 1. The van der Waals surface area contributed by atoms with Gasteiger partial charge in [-0.25, -0.2) is 9.97 Å². The van der Waals surface area contributed by atoms with Gasteiger partial charge in [0.05, 0.1) is 25.1 Å². The molecule has 1 aliphatic heterocycles. The van der Waals surface area contributed by atoms with Crippen molar-refractivity contribution in [2.45, 2.75) is 32.7 Å². The summed E-state index contributed by atoms with van der Waals surface area (Å²) < 4.78 is 5.47. The number of carbonyl (C=O) groups is 1. The Morgan fingerprint density at radius 2 is 2.11 bits per heavy atom. The number of nitrogens with one attached hydrogen (secondary N) is 2. The Morgan fingerprint density at radius 1 is 1.32 bits per heavy atom. The van der Waals surface area contributed by atoms with Crippen molar-refractivity contribution in [3.8, 4) is 0 Å². The van der Waals surface area contributed by atoms with Crippen LogP contribution < -0.4 is 10.2 Å². The Balaban J connectivity index is 1.68. The molecule has 2 aromatic rings. The average molecular weight is 405 g/mol. The summed E-state index contributed by atoms with van der Waals surface area (Å²) in [6, 6.07) is 0. The van der Waals surface area contributed by atoms with Crippen LogP contribution >= 0.6 is 11.3 Å². The molecular weight excluding hydrogens is 374 g/mol. The summed E-state index contributed by atoms with van der Waals surface area (Å²) in [5, 5.41) is 4.46. The van der Waals surface area contributed by atoms with Gasteiger partial charge in [-0.2, -0.15) is 0 Å². The largest absolute Gasteiger partial charge is 0.370 e. The van der Waals surface area contributed by atoms with Crippen LogP contribution in [0.4, 0.5) is 5.82 Å². The molecule has 7 nitrogen and oxygen atoms in total. The maximum absolute atomic E-state index is 12.1. The van der Waals surface area contributed by atoms with E-state index in [1.807, 2.05) is 11.3 Å². The van der Waals surface area contributed by atoms with Crippen molar-refractivity contribution in [1.82, 2.24) is 14.9 Å². The monoisotopic (exact) mass is 404 g/mol. The predicted octanol–water partition coefficient (Wildman–Crippen LogP) is 0.731. The van der Waals surface area contributed by atoms with Gasteiger partial charge in [-0.1, -0.05) is 6.92 Å². The number of ether oxygens (including phenoxy) is 1. The summed E-state index contributed by atoms with van der Waals surface area (Å²) in [6.07, 6.45) is 3.40. The topological polar surface area (TPSA) is 71.8 Å². The number of aryl methyl sites for hydroxylation is 1. The second-order valence-corrected chi connectivity index (χ2v) is 9.28. The van der Waals surface area contributed by atoms with Crippen LogP contribution in [-0.2, 0) is 28.9 Å². The average Bonchev–Trinajstić information content (AvgIpc) is 3.03. The third-order valence-corrected chi connectivity index (χ3v) is 6.86. The normalized spacial score (nSPS) is 20.2. The second kappa shape index (κ2) is 8.31. The van der Waals surface area contributed by atoms with Crippen LogP contribution in [-0.4, -0.2) is 67.7 Å². The lowest BCUT2D eigenvalue weighted by Crippen LogP contribution is -3.12.